The maximum atomic E-state index is 12.4. The number of nitrogens with zero attached hydrogens (tertiary/aromatic N) is 3. The van der Waals surface area contributed by atoms with Gasteiger partial charge in [-0.1, -0.05) is 11.6 Å². The minimum atomic E-state index is -4.13. The SMILES string of the molecule is COc1cc2c(cc1Nc1ncc(Cl)cn1)CCN(CCC(F)(F)F)C2. The average molecular weight is 387 g/mol. The lowest BCUT2D eigenvalue weighted by atomic mass is 9.98. The third kappa shape index (κ3) is 4.76. The van der Waals surface area contributed by atoms with Gasteiger partial charge in [0.05, 0.1) is 36.6 Å². The Hall–Kier alpha value is -2.06. The van der Waals surface area contributed by atoms with Crippen LogP contribution < -0.4 is 10.1 Å². The summed E-state index contributed by atoms with van der Waals surface area (Å²) in [5.41, 5.74) is 2.75. The van der Waals surface area contributed by atoms with Gasteiger partial charge in [0, 0.05) is 19.6 Å². The van der Waals surface area contributed by atoms with E-state index in [0.29, 0.717) is 41.9 Å². The van der Waals surface area contributed by atoms with Crippen molar-refractivity contribution in [2.75, 3.05) is 25.5 Å². The molecule has 0 aliphatic carbocycles. The van der Waals surface area contributed by atoms with Crippen molar-refractivity contribution >= 4 is 23.2 Å². The summed E-state index contributed by atoms with van der Waals surface area (Å²) >= 11 is 5.78. The second-order valence-electron chi connectivity index (χ2n) is 6.06. The molecule has 0 saturated heterocycles. The standard InChI is InChI=1S/C17H18ClF3N4O/c1-26-15-7-12-10-25(5-3-17(19,20)21)4-2-11(12)6-14(15)24-16-22-8-13(18)9-23-16/h6-9H,2-5,10H2,1H3,(H,22,23,24). The van der Waals surface area contributed by atoms with Crippen LogP contribution >= 0.6 is 11.6 Å². The molecule has 0 unspecified atom stereocenters. The maximum Gasteiger partial charge on any atom is 0.390 e. The number of nitrogens with one attached hydrogen (secondary N) is 1. The zero-order chi connectivity index (χ0) is 18.7. The number of alkyl halides is 3. The van der Waals surface area contributed by atoms with Gasteiger partial charge in [0.2, 0.25) is 5.95 Å². The van der Waals surface area contributed by atoms with Gasteiger partial charge in [-0.2, -0.15) is 13.2 Å². The summed E-state index contributed by atoms with van der Waals surface area (Å²) in [6, 6.07) is 3.79. The van der Waals surface area contributed by atoms with Gasteiger partial charge in [-0.25, -0.2) is 9.97 Å². The molecule has 0 saturated carbocycles. The van der Waals surface area contributed by atoms with Gasteiger partial charge < -0.3 is 10.1 Å². The molecular weight excluding hydrogens is 369 g/mol. The number of rotatable bonds is 5. The van der Waals surface area contributed by atoms with Crippen molar-refractivity contribution in [3.05, 3.63) is 40.7 Å². The molecule has 0 atom stereocenters. The number of hydrogen-bond donors (Lipinski definition) is 1. The van der Waals surface area contributed by atoms with Crippen LogP contribution in [0.4, 0.5) is 24.8 Å². The quantitative estimate of drug-likeness (QED) is 0.834. The molecule has 1 aliphatic heterocycles. The van der Waals surface area contributed by atoms with Gasteiger partial charge in [-0.15, -0.1) is 0 Å². The molecule has 0 amide bonds. The molecule has 140 valence electrons. The fourth-order valence-electron chi connectivity index (χ4n) is 2.88. The Labute approximate surface area is 154 Å². The normalized spacial score (nSPS) is 14.8. The molecule has 9 heteroatoms. The van der Waals surface area contributed by atoms with E-state index in [-0.39, 0.29) is 6.54 Å². The lowest BCUT2D eigenvalue weighted by molar-refractivity contribution is -0.138. The topological polar surface area (TPSA) is 50.3 Å². The van der Waals surface area contributed by atoms with Crippen molar-refractivity contribution in [2.45, 2.75) is 25.6 Å². The van der Waals surface area contributed by atoms with Crippen LogP contribution in [-0.2, 0) is 13.0 Å². The zero-order valence-electron chi connectivity index (χ0n) is 14.1. The molecule has 3 rings (SSSR count). The minimum Gasteiger partial charge on any atom is -0.495 e. The molecule has 0 radical (unpaired) electrons. The van der Waals surface area contributed by atoms with E-state index in [9.17, 15) is 13.2 Å². The predicted octanol–water partition coefficient (Wildman–Crippen LogP) is 4.19. The summed E-state index contributed by atoms with van der Waals surface area (Å²) in [7, 11) is 1.54. The Kier molecular flexibility index (Phi) is 5.52. The molecule has 5 nitrogen and oxygen atoms in total. The summed E-state index contributed by atoms with van der Waals surface area (Å²) in [6.07, 6.45) is -1.29. The molecule has 0 fully saturated rings. The van der Waals surface area contributed by atoms with Crippen LogP contribution in [0.3, 0.4) is 0 Å². The minimum absolute atomic E-state index is 0.00384. The number of anilines is 2. The van der Waals surface area contributed by atoms with Crippen molar-refractivity contribution in [1.29, 1.82) is 0 Å². The molecule has 0 spiro atoms. The zero-order valence-corrected chi connectivity index (χ0v) is 14.9. The highest BCUT2D eigenvalue weighted by Gasteiger charge is 2.29. The van der Waals surface area contributed by atoms with Crippen LogP contribution in [0, 0.1) is 0 Å². The lowest BCUT2D eigenvalue weighted by Crippen LogP contribution is -2.33. The monoisotopic (exact) mass is 386 g/mol. The number of halogens is 4. The number of benzene rings is 1. The van der Waals surface area contributed by atoms with Gasteiger partial charge in [0.1, 0.15) is 5.75 Å². The van der Waals surface area contributed by atoms with Crippen LogP contribution in [0.2, 0.25) is 5.02 Å². The first kappa shape index (κ1) is 18.7. The predicted molar refractivity (Wildman–Crippen MR) is 93.0 cm³/mol. The van der Waals surface area contributed by atoms with Crippen molar-refractivity contribution in [1.82, 2.24) is 14.9 Å². The average Bonchev–Trinajstić information content (AvgIpc) is 2.60. The number of ether oxygens (including phenoxy) is 1. The molecule has 1 aliphatic rings. The van der Waals surface area contributed by atoms with E-state index >= 15 is 0 Å². The second kappa shape index (κ2) is 7.67. The summed E-state index contributed by atoms with van der Waals surface area (Å²) in [6.45, 7) is 1.07. The summed E-state index contributed by atoms with van der Waals surface area (Å²) in [4.78, 5) is 10.0. The van der Waals surface area contributed by atoms with Crippen LogP contribution in [0.1, 0.15) is 17.5 Å². The van der Waals surface area contributed by atoms with E-state index in [1.165, 1.54) is 12.4 Å². The molecule has 1 aromatic heterocycles. The van der Waals surface area contributed by atoms with Crippen molar-refractivity contribution in [3.8, 4) is 5.75 Å². The highest BCUT2D eigenvalue weighted by atomic mass is 35.5. The smallest absolute Gasteiger partial charge is 0.390 e. The number of aromatic nitrogens is 2. The van der Waals surface area contributed by atoms with Crippen LogP contribution in [-0.4, -0.2) is 41.2 Å². The van der Waals surface area contributed by atoms with Gasteiger partial charge >= 0.3 is 6.18 Å². The number of fused-ring (bicyclic) bond motifs is 1. The number of hydrogen-bond acceptors (Lipinski definition) is 5. The Morgan fingerprint density at radius 1 is 1.23 bits per heavy atom. The highest BCUT2D eigenvalue weighted by molar-refractivity contribution is 6.30. The Bertz CT molecular complexity index is 768. The molecule has 1 aromatic carbocycles. The van der Waals surface area contributed by atoms with Gasteiger partial charge in [0.15, 0.2) is 0 Å². The third-order valence-electron chi connectivity index (χ3n) is 4.19. The van der Waals surface area contributed by atoms with Crippen LogP contribution in [0.15, 0.2) is 24.5 Å². The van der Waals surface area contributed by atoms with E-state index < -0.39 is 12.6 Å². The molecule has 1 N–H and O–H groups in total. The van der Waals surface area contributed by atoms with Crippen LogP contribution in [0.25, 0.3) is 0 Å². The van der Waals surface area contributed by atoms with E-state index in [0.717, 1.165) is 11.1 Å². The van der Waals surface area contributed by atoms with E-state index in [4.69, 9.17) is 16.3 Å². The second-order valence-corrected chi connectivity index (χ2v) is 6.50. The maximum absolute atomic E-state index is 12.4. The largest absolute Gasteiger partial charge is 0.495 e. The van der Waals surface area contributed by atoms with E-state index in [2.05, 4.69) is 15.3 Å². The van der Waals surface area contributed by atoms with Gasteiger partial charge in [-0.05, 0) is 29.7 Å². The fraction of sp³-hybridized carbons (Fsp3) is 0.412. The molecule has 0 bridgehead atoms. The molecule has 2 aromatic rings. The van der Waals surface area contributed by atoms with Crippen molar-refractivity contribution in [2.24, 2.45) is 0 Å². The molecule has 26 heavy (non-hydrogen) atoms. The summed E-state index contributed by atoms with van der Waals surface area (Å²) < 4.78 is 42.7. The highest BCUT2D eigenvalue weighted by Crippen LogP contribution is 2.33. The van der Waals surface area contributed by atoms with Crippen molar-refractivity contribution < 1.29 is 17.9 Å². The van der Waals surface area contributed by atoms with Gasteiger partial charge in [0.25, 0.3) is 0 Å². The Morgan fingerprint density at radius 3 is 2.62 bits per heavy atom. The summed E-state index contributed by atoms with van der Waals surface area (Å²) in [5.74, 6) is 0.968. The van der Waals surface area contributed by atoms with Crippen molar-refractivity contribution in [3.63, 3.8) is 0 Å². The first-order valence-corrected chi connectivity index (χ1v) is 8.45. The number of methoxy groups -OCH3 is 1. The van der Waals surface area contributed by atoms with Crippen LogP contribution in [0.5, 0.6) is 5.75 Å². The van der Waals surface area contributed by atoms with E-state index in [1.54, 1.807) is 7.11 Å². The Morgan fingerprint density at radius 2 is 1.96 bits per heavy atom. The third-order valence-corrected chi connectivity index (χ3v) is 4.39. The van der Waals surface area contributed by atoms with Gasteiger partial charge in [-0.3, -0.25) is 4.90 Å². The Balaban J connectivity index is 1.76. The summed E-state index contributed by atoms with van der Waals surface area (Å²) in [5, 5.41) is 3.53. The first-order valence-electron chi connectivity index (χ1n) is 8.07. The molecular formula is C17H18ClF3N4O. The molecule has 2 heterocycles. The lowest BCUT2D eigenvalue weighted by Gasteiger charge is -2.30. The fourth-order valence-corrected chi connectivity index (χ4v) is 2.98. The first-order chi connectivity index (χ1) is 12.3. The van der Waals surface area contributed by atoms with E-state index in [1.807, 2.05) is 17.0 Å².